The van der Waals surface area contributed by atoms with E-state index in [9.17, 15) is 14.9 Å². The molecule has 1 aromatic heterocycles. The number of nitrogens with zero attached hydrogens (tertiary/aromatic N) is 5. The van der Waals surface area contributed by atoms with Gasteiger partial charge >= 0.3 is 0 Å². The number of nitro benzene ring substituents is 1. The van der Waals surface area contributed by atoms with Crippen LogP contribution in [0.5, 0.6) is 0 Å². The standard InChI is InChI=1S/C16H17N5O3/c22-16(8-7-13-4-1-2-6-15(13)21(23)24)19-9-3-5-14(10-19)20-12-17-11-18-20/h1-2,4,6-8,11-12,14H,3,5,9-10H2/b8-7+. The molecule has 0 aliphatic carbocycles. The van der Waals surface area contributed by atoms with E-state index in [1.165, 1.54) is 24.5 Å². The minimum Gasteiger partial charge on any atom is -0.337 e. The largest absolute Gasteiger partial charge is 0.337 e. The zero-order valence-electron chi connectivity index (χ0n) is 13.0. The monoisotopic (exact) mass is 327 g/mol. The fourth-order valence-electron chi connectivity index (χ4n) is 2.84. The summed E-state index contributed by atoms with van der Waals surface area (Å²) in [5, 5.41) is 15.1. The number of aromatic nitrogens is 3. The Morgan fingerprint density at radius 2 is 2.21 bits per heavy atom. The quantitative estimate of drug-likeness (QED) is 0.487. The van der Waals surface area contributed by atoms with Crippen LogP contribution in [-0.2, 0) is 4.79 Å². The minimum absolute atomic E-state index is 0.0133. The summed E-state index contributed by atoms with van der Waals surface area (Å²) in [6.07, 6.45) is 7.86. The highest BCUT2D eigenvalue weighted by Gasteiger charge is 2.24. The van der Waals surface area contributed by atoms with Crippen LogP contribution in [0, 0.1) is 10.1 Å². The van der Waals surface area contributed by atoms with Crippen molar-refractivity contribution >= 4 is 17.7 Å². The van der Waals surface area contributed by atoms with Crippen molar-refractivity contribution in [2.24, 2.45) is 0 Å². The molecule has 0 saturated carbocycles. The maximum atomic E-state index is 12.4. The van der Waals surface area contributed by atoms with Gasteiger partial charge in [0.25, 0.3) is 5.69 Å². The number of carbonyl (C=O) groups is 1. The van der Waals surface area contributed by atoms with E-state index in [0.29, 0.717) is 18.7 Å². The lowest BCUT2D eigenvalue weighted by molar-refractivity contribution is -0.385. The van der Waals surface area contributed by atoms with Gasteiger partial charge in [-0.3, -0.25) is 14.9 Å². The zero-order chi connectivity index (χ0) is 16.9. The van der Waals surface area contributed by atoms with Crippen LogP contribution in [-0.4, -0.2) is 43.6 Å². The molecule has 1 fully saturated rings. The maximum absolute atomic E-state index is 12.4. The van der Waals surface area contributed by atoms with Crippen LogP contribution in [0.25, 0.3) is 6.08 Å². The first-order valence-corrected chi connectivity index (χ1v) is 7.69. The Labute approximate surface area is 138 Å². The number of amides is 1. The van der Waals surface area contributed by atoms with Crippen molar-refractivity contribution in [1.29, 1.82) is 0 Å². The molecule has 8 nitrogen and oxygen atoms in total. The third-order valence-electron chi connectivity index (χ3n) is 4.06. The highest BCUT2D eigenvalue weighted by molar-refractivity contribution is 5.92. The Bertz CT molecular complexity index is 757. The Kier molecular flexibility index (Phi) is 4.64. The average Bonchev–Trinajstić information content (AvgIpc) is 3.14. The lowest BCUT2D eigenvalue weighted by atomic mass is 10.1. The van der Waals surface area contributed by atoms with Gasteiger partial charge in [0.05, 0.1) is 16.5 Å². The number of rotatable bonds is 4. The number of para-hydroxylation sites is 1. The van der Waals surface area contributed by atoms with E-state index < -0.39 is 4.92 Å². The predicted octanol–water partition coefficient (Wildman–Crippen LogP) is 2.06. The van der Waals surface area contributed by atoms with Crippen LogP contribution in [0.2, 0.25) is 0 Å². The van der Waals surface area contributed by atoms with Gasteiger partial charge in [0.2, 0.25) is 5.91 Å². The molecule has 1 aliphatic heterocycles. The van der Waals surface area contributed by atoms with Crippen molar-refractivity contribution in [2.75, 3.05) is 13.1 Å². The van der Waals surface area contributed by atoms with Gasteiger partial charge < -0.3 is 4.90 Å². The fourth-order valence-corrected chi connectivity index (χ4v) is 2.84. The van der Waals surface area contributed by atoms with Gasteiger partial charge in [-0.2, -0.15) is 5.10 Å². The number of benzene rings is 1. The molecule has 2 aromatic rings. The molecule has 24 heavy (non-hydrogen) atoms. The van der Waals surface area contributed by atoms with E-state index in [1.54, 1.807) is 34.1 Å². The van der Waals surface area contributed by atoms with Gasteiger partial charge in [0.15, 0.2) is 0 Å². The Hall–Kier alpha value is -3.03. The SMILES string of the molecule is O=C(/C=C/c1ccccc1[N+](=O)[O-])N1CCCC(n2cncn2)C1. The summed E-state index contributed by atoms with van der Waals surface area (Å²) >= 11 is 0. The minimum atomic E-state index is -0.453. The van der Waals surface area contributed by atoms with E-state index in [2.05, 4.69) is 10.1 Å². The van der Waals surface area contributed by atoms with E-state index >= 15 is 0 Å². The second kappa shape index (κ2) is 7.03. The number of hydrogen-bond acceptors (Lipinski definition) is 5. The van der Waals surface area contributed by atoms with Gasteiger partial charge in [0, 0.05) is 25.2 Å². The van der Waals surface area contributed by atoms with E-state index in [-0.39, 0.29) is 17.6 Å². The third kappa shape index (κ3) is 3.48. The van der Waals surface area contributed by atoms with Gasteiger partial charge in [-0.05, 0) is 25.0 Å². The van der Waals surface area contributed by atoms with Crippen molar-refractivity contribution in [1.82, 2.24) is 19.7 Å². The van der Waals surface area contributed by atoms with Crippen molar-refractivity contribution in [3.05, 3.63) is 58.7 Å². The van der Waals surface area contributed by atoms with Gasteiger partial charge in [-0.15, -0.1) is 0 Å². The lowest BCUT2D eigenvalue weighted by Crippen LogP contribution is -2.40. The molecule has 0 spiro atoms. The van der Waals surface area contributed by atoms with Crippen LogP contribution in [0.15, 0.2) is 43.0 Å². The van der Waals surface area contributed by atoms with Crippen molar-refractivity contribution in [3.63, 3.8) is 0 Å². The average molecular weight is 327 g/mol. The van der Waals surface area contributed by atoms with E-state index in [4.69, 9.17) is 0 Å². The molecule has 124 valence electrons. The molecule has 1 unspecified atom stereocenters. The molecular formula is C16H17N5O3. The highest BCUT2D eigenvalue weighted by Crippen LogP contribution is 2.22. The van der Waals surface area contributed by atoms with Crippen molar-refractivity contribution in [2.45, 2.75) is 18.9 Å². The summed E-state index contributed by atoms with van der Waals surface area (Å²) in [5.41, 5.74) is 0.404. The lowest BCUT2D eigenvalue weighted by Gasteiger charge is -2.31. The molecule has 1 aromatic carbocycles. The molecule has 1 atom stereocenters. The number of carbonyl (C=O) groups excluding carboxylic acids is 1. The summed E-state index contributed by atoms with van der Waals surface area (Å²) in [4.78, 5) is 28.6. The number of likely N-dealkylation sites (tertiary alicyclic amines) is 1. The normalized spacial score (nSPS) is 18.0. The summed E-state index contributed by atoms with van der Waals surface area (Å²) in [7, 11) is 0. The molecule has 0 bridgehead atoms. The number of hydrogen-bond donors (Lipinski definition) is 0. The molecule has 0 N–H and O–H groups in total. The summed E-state index contributed by atoms with van der Waals surface area (Å²) < 4.78 is 1.77. The molecule has 1 aliphatic rings. The predicted molar refractivity (Wildman–Crippen MR) is 87.0 cm³/mol. The van der Waals surface area contributed by atoms with Crippen molar-refractivity contribution < 1.29 is 9.72 Å². The Morgan fingerprint density at radius 1 is 1.38 bits per heavy atom. The summed E-state index contributed by atoms with van der Waals surface area (Å²) in [6.45, 7) is 1.23. The Morgan fingerprint density at radius 3 is 2.96 bits per heavy atom. The second-order valence-electron chi connectivity index (χ2n) is 5.61. The topological polar surface area (TPSA) is 94.2 Å². The van der Waals surface area contributed by atoms with Gasteiger partial charge in [0.1, 0.15) is 12.7 Å². The smallest absolute Gasteiger partial charge is 0.276 e. The molecule has 0 radical (unpaired) electrons. The van der Waals surface area contributed by atoms with Crippen LogP contribution >= 0.6 is 0 Å². The van der Waals surface area contributed by atoms with Crippen LogP contribution in [0.1, 0.15) is 24.4 Å². The van der Waals surface area contributed by atoms with Gasteiger partial charge in [-0.1, -0.05) is 12.1 Å². The first-order chi connectivity index (χ1) is 11.6. The second-order valence-corrected chi connectivity index (χ2v) is 5.61. The molecule has 1 saturated heterocycles. The molecule has 1 amide bonds. The van der Waals surface area contributed by atoms with E-state index in [0.717, 1.165) is 12.8 Å². The zero-order valence-corrected chi connectivity index (χ0v) is 13.0. The fraction of sp³-hybridized carbons (Fsp3) is 0.312. The van der Waals surface area contributed by atoms with Gasteiger partial charge in [-0.25, -0.2) is 9.67 Å². The van der Waals surface area contributed by atoms with Crippen LogP contribution < -0.4 is 0 Å². The number of piperidine rings is 1. The molecule has 2 heterocycles. The van der Waals surface area contributed by atoms with Crippen molar-refractivity contribution in [3.8, 4) is 0 Å². The summed E-state index contributed by atoms with van der Waals surface area (Å²) in [5.74, 6) is -0.155. The summed E-state index contributed by atoms with van der Waals surface area (Å²) in [6, 6.07) is 6.47. The first kappa shape index (κ1) is 15.9. The van der Waals surface area contributed by atoms with E-state index in [1.807, 2.05) is 0 Å². The number of nitro groups is 1. The first-order valence-electron chi connectivity index (χ1n) is 7.69. The molecular weight excluding hydrogens is 310 g/mol. The van der Waals surface area contributed by atoms with Crippen LogP contribution in [0.3, 0.4) is 0 Å². The highest BCUT2D eigenvalue weighted by atomic mass is 16.6. The van der Waals surface area contributed by atoms with Crippen LogP contribution in [0.4, 0.5) is 5.69 Å². The molecule has 3 rings (SSSR count). The Balaban J connectivity index is 1.69. The maximum Gasteiger partial charge on any atom is 0.276 e. The third-order valence-corrected chi connectivity index (χ3v) is 4.06. The molecule has 8 heteroatoms.